The van der Waals surface area contributed by atoms with Gasteiger partial charge in [0.15, 0.2) is 12.2 Å². The van der Waals surface area contributed by atoms with Gasteiger partial charge in [-0.15, -0.1) is 0 Å². The van der Waals surface area contributed by atoms with E-state index in [0.717, 1.165) is 115 Å². The fourth-order valence-corrected chi connectivity index (χ4v) is 14.1. The fraction of sp³-hybridized carbons (Fsp3) is 0.905. The van der Waals surface area contributed by atoms with E-state index in [1.165, 1.54) is 225 Å². The molecule has 0 aromatic heterocycles. The molecule has 0 aliphatic rings. The highest BCUT2D eigenvalue weighted by molar-refractivity contribution is 7.47. The van der Waals surface area contributed by atoms with Gasteiger partial charge in [-0.3, -0.25) is 37.3 Å². The minimum absolute atomic E-state index is 0.0849. The number of aliphatic hydroxyl groups is 1. The maximum atomic E-state index is 13.1. The highest BCUT2D eigenvalue weighted by atomic mass is 31.2. The molecule has 0 aromatic rings. The smallest absolute Gasteiger partial charge is 0.462 e. The standard InChI is InChI=1S/C84H160O17P2/c1-7-9-11-13-15-17-19-21-23-24-29-32-36-42-48-54-60-66-81(86)94-72-79(100-84(89)69-63-57-51-44-38-34-30-26-25-28-31-35-40-46-52-58-64-76(3)4)74-98-102(90,91)96-70-78(85)71-97-103(92,93)99-75-80(73-95-82(87)67-61-55-49-45-39-41-47-53-59-65-77(5)6)101-83(88)68-62-56-50-43-37-33-27-22-20-18-16-14-12-10-8-2/h18,20,22,27,76-80,85H,7-17,19,21,23-26,28-75H2,1-6H3,(H,90,91)(H,92,93)/b20-18-,27-22-/t78-,79-,80-/m1/s1. The van der Waals surface area contributed by atoms with Gasteiger partial charge in [-0.05, 0) is 63.2 Å². The van der Waals surface area contributed by atoms with E-state index in [1.54, 1.807) is 0 Å². The Hall–Kier alpha value is -2.46. The van der Waals surface area contributed by atoms with E-state index in [9.17, 15) is 43.2 Å². The molecule has 608 valence electrons. The van der Waals surface area contributed by atoms with E-state index in [0.29, 0.717) is 25.7 Å². The largest absolute Gasteiger partial charge is 0.472 e. The molecule has 0 saturated heterocycles. The average Bonchev–Trinajstić information content (AvgIpc) is 0.958. The van der Waals surface area contributed by atoms with Crippen LogP contribution in [0.2, 0.25) is 0 Å². The van der Waals surface area contributed by atoms with Crippen LogP contribution in [0.3, 0.4) is 0 Å². The van der Waals surface area contributed by atoms with Crippen LogP contribution < -0.4 is 0 Å². The van der Waals surface area contributed by atoms with Gasteiger partial charge in [0.2, 0.25) is 0 Å². The number of hydrogen-bond acceptors (Lipinski definition) is 15. The van der Waals surface area contributed by atoms with Crippen molar-refractivity contribution in [1.82, 2.24) is 0 Å². The summed E-state index contributed by atoms with van der Waals surface area (Å²) in [5.41, 5.74) is 0. The summed E-state index contributed by atoms with van der Waals surface area (Å²) in [7, 11) is -9.94. The molecule has 0 fully saturated rings. The Labute approximate surface area is 631 Å². The molecule has 0 aromatic carbocycles. The minimum atomic E-state index is -4.97. The third-order valence-corrected chi connectivity index (χ3v) is 21.0. The van der Waals surface area contributed by atoms with Crippen LogP contribution >= 0.6 is 15.6 Å². The summed E-state index contributed by atoms with van der Waals surface area (Å²) in [5.74, 6) is -0.586. The lowest BCUT2D eigenvalue weighted by molar-refractivity contribution is -0.161. The fourth-order valence-electron chi connectivity index (χ4n) is 12.5. The third kappa shape index (κ3) is 77.5. The quantitative estimate of drug-likeness (QED) is 0.0169. The lowest BCUT2D eigenvalue weighted by atomic mass is 10.0. The highest BCUT2D eigenvalue weighted by Gasteiger charge is 2.30. The van der Waals surface area contributed by atoms with Crippen LogP contribution in [0.5, 0.6) is 0 Å². The molecule has 0 rings (SSSR count). The van der Waals surface area contributed by atoms with Gasteiger partial charge in [-0.25, -0.2) is 9.13 Å². The van der Waals surface area contributed by atoms with Gasteiger partial charge < -0.3 is 33.8 Å². The Balaban J connectivity index is 5.29. The number of aliphatic hydroxyl groups excluding tert-OH is 1. The number of unbranched alkanes of at least 4 members (excludes halogenated alkanes) is 48. The van der Waals surface area contributed by atoms with Crippen LogP contribution in [0, 0.1) is 11.8 Å². The van der Waals surface area contributed by atoms with Gasteiger partial charge in [0.1, 0.15) is 19.3 Å². The summed E-state index contributed by atoms with van der Waals surface area (Å²) in [4.78, 5) is 73.1. The summed E-state index contributed by atoms with van der Waals surface area (Å²) in [6.45, 7) is 9.60. The molecule has 3 N–H and O–H groups in total. The highest BCUT2D eigenvalue weighted by Crippen LogP contribution is 2.45. The molecule has 19 heteroatoms. The maximum Gasteiger partial charge on any atom is 0.472 e. The number of rotatable bonds is 81. The van der Waals surface area contributed by atoms with Crippen LogP contribution in [0.4, 0.5) is 0 Å². The van der Waals surface area contributed by atoms with E-state index >= 15 is 0 Å². The predicted molar refractivity (Wildman–Crippen MR) is 423 cm³/mol. The lowest BCUT2D eigenvalue weighted by Gasteiger charge is -2.21. The van der Waals surface area contributed by atoms with E-state index in [4.69, 9.17) is 37.0 Å². The van der Waals surface area contributed by atoms with Gasteiger partial charge in [-0.2, -0.15) is 0 Å². The number of allylic oxidation sites excluding steroid dienone is 4. The summed E-state index contributed by atoms with van der Waals surface area (Å²) < 4.78 is 68.8. The van der Waals surface area contributed by atoms with E-state index in [1.807, 2.05) is 0 Å². The van der Waals surface area contributed by atoms with Crippen LogP contribution in [0.25, 0.3) is 0 Å². The number of hydrogen-bond donors (Lipinski definition) is 3. The van der Waals surface area contributed by atoms with E-state index < -0.39 is 97.5 Å². The zero-order valence-electron chi connectivity index (χ0n) is 67.1. The molecule has 17 nitrogen and oxygen atoms in total. The first-order valence-corrected chi connectivity index (χ1v) is 45.8. The SMILES string of the molecule is CCCCCC/C=C\C=C/CCCCCCCC(=O)O[C@H](COC(=O)CCCCCCCCCCCC(C)C)COP(=O)(O)OC[C@H](O)COP(=O)(O)OC[C@@H](COC(=O)CCCCCCCCCCCCCCCCCCC)OC(=O)CCCCCCCCCCCCCCCCCCC(C)C. The van der Waals surface area contributed by atoms with E-state index in [-0.39, 0.29) is 25.7 Å². The zero-order valence-corrected chi connectivity index (χ0v) is 68.9. The summed E-state index contributed by atoms with van der Waals surface area (Å²) in [6.07, 6.45) is 68.8. The predicted octanol–water partition coefficient (Wildman–Crippen LogP) is 25.0. The van der Waals surface area contributed by atoms with Crippen molar-refractivity contribution in [2.24, 2.45) is 11.8 Å². The monoisotopic (exact) mass is 1500 g/mol. The first-order valence-electron chi connectivity index (χ1n) is 42.8. The molecule has 0 aliphatic heterocycles. The average molecular weight is 1500 g/mol. The minimum Gasteiger partial charge on any atom is -0.462 e. The van der Waals surface area contributed by atoms with Gasteiger partial charge in [0, 0.05) is 25.7 Å². The van der Waals surface area contributed by atoms with Crippen molar-refractivity contribution in [3.05, 3.63) is 24.3 Å². The van der Waals surface area contributed by atoms with Crippen molar-refractivity contribution in [2.75, 3.05) is 39.6 Å². The van der Waals surface area contributed by atoms with Crippen LogP contribution in [-0.4, -0.2) is 96.7 Å². The summed E-state index contributed by atoms with van der Waals surface area (Å²) >= 11 is 0. The Morgan fingerprint density at radius 2 is 0.524 bits per heavy atom. The van der Waals surface area contributed by atoms with E-state index in [2.05, 4.69) is 65.8 Å². The Morgan fingerprint density at radius 3 is 0.796 bits per heavy atom. The van der Waals surface area contributed by atoms with Crippen molar-refractivity contribution in [1.29, 1.82) is 0 Å². The summed E-state index contributed by atoms with van der Waals surface area (Å²) in [6, 6.07) is 0. The number of carbonyl (C=O) groups is 4. The molecular formula is C84H160O17P2. The Bertz CT molecular complexity index is 2070. The summed E-state index contributed by atoms with van der Waals surface area (Å²) in [5, 5.41) is 10.7. The van der Waals surface area contributed by atoms with Crippen molar-refractivity contribution < 1.29 is 80.2 Å². The van der Waals surface area contributed by atoms with Crippen molar-refractivity contribution in [3.63, 3.8) is 0 Å². The number of ether oxygens (including phenoxy) is 4. The Morgan fingerprint density at radius 1 is 0.301 bits per heavy atom. The van der Waals surface area contributed by atoms with Crippen molar-refractivity contribution in [3.8, 4) is 0 Å². The molecule has 0 aliphatic carbocycles. The van der Waals surface area contributed by atoms with Gasteiger partial charge in [0.05, 0.1) is 26.4 Å². The van der Waals surface area contributed by atoms with Gasteiger partial charge in [0.25, 0.3) is 0 Å². The second-order valence-electron chi connectivity index (χ2n) is 30.5. The van der Waals surface area contributed by atoms with Crippen molar-refractivity contribution >= 4 is 39.5 Å². The molecule has 0 spiro atoms. The number of esters is 4. The second-order valence-corrected chi connectivity index (χ2v) is 33.4. The molecular weight excluding hydrogens is 1340 g/mol. The van der Waals surface area contributed by atoms with Crippen LogP contribution in [0.15, 0.2) is 24.3 Å². The Kier molecular flexibility index (Phi) is 73.2. The maximum absolute atomic E-state index is 13.1. The topological polar surface area (TPSA) is 237 Å². The number of phosphoric ester groups is 2. The molecule has 5 atom stereocenters. The molecule has 0 bridgehead atoms. The molecule has 0 saturated carbocycles. The molecule has 2 unspecified atom stereocenters. The lowest BCUT2D eigenvalue weighted by Crippen LogP contribution is -2.30. The van der Waals surface area contributed by atoms with Crippen molar-refractivity contribution in [2.45, 2.75) is 439 Å². The third-order valence-electron chi connectivity index (χ3n) is 19.1. The molecule has 0 amide bonds. The number of phosphoric acid groups is 2. The van der Waals surface area contributed by atoms with Crippen LogP contribution in [-0.2, 0) is 65.4 Å². The molecule has 0 heterocycles. The molecule has 0 radical (unpaired) electrons. The van der Waals surface area contributed by atoms with Gasteiger partial charge >= 0.3 is 39.5 Å². The van der Waals surface area contributed by atoms with Crippen LogP contribution in [0.1, 0.15) is 420 Å². The van der Waals surface area contributed by atoms with Gasteiger partial charge in [-0.1, -0.05) is 368 Å². The second kappa shape index (κ2) is 75.0. The number of carbonyl (C=O) groups excluding carboxylic acids is 4. The first kappa shape index (κ1) is 101. The zero-order chi connectivity index (χ0) is 75.6. The normalized spacial score (nSPS) is 14.0. The first-order chi connectivity index (χ1) is 49.9. The molecule has 103 heavy (non-hydrogen) atoms.